The van der Waals surface area contributed by atoms with E-state index in [-0.39, 0.29) is 0 Å². The molecule has 6 heteroatoms. The summed E-state index contributed by atoms with van der Waals surface area (Å²) in [6.07, 6.45) is 0. The van der Waals surface area contributed by atoms with E-state index in [1.807, 2.05) is 24.3 Å². The first-order valence-corrected chi connectivity index (χ1v) is 7.14. The molecule has 0 saturated carbocycles. The summed E-state index contributed by atoms with van der Waals surface area (Å²) >= 11 is 2.17. The Morgan fingerprint density at radius 1 is 0.667 bits per heavy atom. The van der Waals surface area contributed by atoms with Crippen molar-refractivity contribution in [2.75, 3.05) is 11.5 Å². The van der Waals surface area contributed by atoms with Gasteiger partial charge in [-0.05, 0) is 24.3 Å². The number of para-hydroxylation sites is 4. The number of hydrogen-bond donors (Lipinski definition) is 2. The van der Waals surface area contributed by atoms with E-state index < -0.39 is 0 Å². The number of benzene rings is 2. The van der Waals surface area contributed by atoms with Gasteiger partial charge in [0.25, 0.3) is 0 Å². The predicted octanol–water partition coefficient (Wildman–Crippen LogP) is 3.52. The molecule has 18 heavy (non-hydrogen) atoms. The molecule has 0 radical (unpaired) electrons. The zero-order valence-electron chi connectivity index (χ0n) is 9.41. The fourth-order valence-electron chi connectivity index (χ4n) is 1.21. The fraction of sp³-hybridized carbons (Fsp3) is 0. The van der Waals surface area contributed by atoms with Crippen LogP contribution in [0.15, 0.2) is 48.5 Å². The van der Waals surface area contributed by atoms with Gasteiger partial charge >= 0.3 is 0 Å². The second kappa shape index (κ2) is 6.32. The molecule has 0 unspecified atom stereocenters. The third-order valence-electron chi connectivity index (χ3n) is 2.11. The summed E-state index contributed by atoms with van der Waals surface area (Å²) in [7, 11) is 0. The average Bonchev–Trinajstić information content (AvgIpc) is 2.38. The van der Waals surface area contributed by atoms with Crippen molar-refractivity contribution >= 4 is 33.5 Å². The van der Waals surface area contributed by atoms with Crippen LogP contribution in [0.25, 0.3) is 0 Å². The summed E-state index contributed by atoms with van der Waals surface area (Å²) in [4.78, 5) is 0. The molecule has 2 aromatic carbocycles. The maximum atomic E-state index is 5.73. The Morgan fingerprint density at radius 2 is 1.06 bits per heavy atom. The Balaban J connectivity index is 1.80. The minimum atomic E-state index is 0.588. The molecule has 0 heterocycles. The lowest BCUT2D eigenvalue weighted by atomic mass is 10.3. The Hall–Kier alpha value is -1.66. The van der Waals surface area contributed by atoms with E-state index in [4.69, 9.17) is 19.8 Å². The lowest BCUT2D eigenvalue weighted by Crippen LogP contribution is -1.91. The zero-order valence-corrected chi connectivity index (χ0v) is 11.0. The van der Waals surface area contributed by atoms with Gasteiger partial charge in [0, 0.05) is 0 Å². The molecule has 0 saturated heterocycles. The predicted molar refractivity (Wildman–Crippen MR) is 78.1 cm³/mol. The van der Waals surface area contributed by atoms with E-state index in [0.717, 1.165) is 22.1 Å². The summed E-state index contributed by atoms with van der Waals surface area (Å²) in [5.74, 6) is 1.22. The maximum absolute atomic E-state index is 5.73. The highest BCUT2D eigenvalue weighted by Gasteiger charge is 2.03. The van der Waals surface area contributed by atoms with Crippen molar-refractivity contribution in [1.82, 2.24) is 0 Å². The summed E-state index contributed by atoms with van der Waals surface area (Å²) in [6.45, 7) is 0. The molecule has 0 aliphatic heterocycles. The molecule has 2 aromatic rings. The second-order valence-electron chi connectivity index (χ2n) is 3.38. The van der Waals surface area contributed by atoms with Gasteiger partial charge < -0.3 is 19.8 Å². The van der Waals surface area contributed by atoms with Gasteiger partial charge in [-0.2, -0.15) is 0 Å². The van der Waals surface area contributed by atoms with E-state index >= 15 is 0 Å². The standard InChI is InChI=1S/C12H12N2O2S2/c13-9-5-1-3-7-11(9)15-17-18-16-12-8-4-2-6-10(12)14/h1-8H,13-14H2. The molecular formula is C12H12N2O2S2. The Labute approximate surface area is 113 Å². The van der Waals surface area contributed by atoms with Crippen LogP contribution in [-0.2, 0) is 0 Å². The molecule has 0 fully saturated rings. The van der Waals surface area contributed by atoms with Gasteiger partial charge in [-0.3, -0.25) is 0 Å². The van der Waals surface area contributed by atoms with Gasteiger partial charge in [0.1, 0.15) is 0 Å². The summed E-state index contributed by atoms with van der Waals surface area (Å²) in [6, 6.07) is 14.5. The van der Waals surface area contributed by atoms with Crippen LogP contribution in [-0.4, -0.2) is 0 Å². The first kappa shape index (κ1) is 12.8. The van der Waals surface area contributed by atoms with Crippen LogP contribution in [0.3, 0.4) is 0 Å². The van der Waals surface area contributed by atoms with Crippen molar-refractivity contribution in [3.8, 4) is 11.5 Å². The van der Waals surface area contributed by atoms with E-state index in [1.165, 1.54) is 0 Å². The molecular weight excluding hydrogens is 268 g/mol. The summed E-state index contributed by atoms with van der Waals surface area (Å²) in [5, 5.41) is 0. The van der Waals surface area contributed by atoms with Crippen LogP contribution in [0.1, 0.15) is 0 Å². The minimum Gasteiger partial charge on any atom is -0.409 e. The largest absolute Gasteiger partial charge is 0.409 e. The van der Waals surface area contributed by atoms with E-state index in [0.29, 0.717) is 22.9 Å². The van der Waals surface area contributed by atoms with Gasteiger partial charge in [-0.1, -0.05) is 24.3 Å². The number of nitrogens with two attached hydrogens (primary N) is 2. The van der Waals surface area contributed by atoms with Crippen LogP contribution in [0.2, 0.25) is 0 Å². The highest BCUT2D eigenvalue weighted by atomic mass is 33.1. The van der Waals surface area contributed by atoms with Crippen LogP contribution in [0.4, 0.5) is 11.4 Å². The number of rotatable bonds is 5. The van der Waals surface area contributed by atoms with Crippen LogP contribution < -0.4 is 19.8 Å². The lowest BCUT2D eigenvalue weighted by molar-refractivity contribution is 0.642. The molecule has 2 rings (SSSR count). The molecule has 0 aliphatic carbocycles. The van der Waals surface area contributed by atoms with E-state index in [1.54, 1.807) is 24.3 Å². The van der Waals surface area contributed by atoms with E-state index in [2.05, 4.69) is 0 Å². The normalized spacial score (nSPS) is 10.0. The van der Waals surface area contributed by atoms with Crippen molar-refractivity contribution in [2.45, 2.75) is 0 Å². The molecule has 94 valence electrons. The quantitative estimate of drug-likeness (QED) is 0.378. The first-order chi connectivity index (χ1) is 8.77. The topological polar surface area (TPSA) is 70.5 Å². The third-order valence-corrected chi connectivity index (χ3v) is 3.24. The Kier molecular flexibility index (Phi) is 4.49. The number of nitrogen functional groups attached to an aromatic ring is 2. The monoisotopic (exact) mass is 280 g/mol. The van der Waals surface area contributed by atoms with E-state index in [9.17, 15) is 0 Å². The first-order valence-electron chi connectivity index (χ1n) is 5.14. The van der Waals surface area contributed by atoms with Crippen LogP contribution >= 0.6 is 22.1 Å². The Morgan fingerprint density at radius 3 is 1.44 bits per heavy atom. The smallest absolute Gasteiger partial charge is 0.169 e. The number of hydrogen-bond acceptors (Lipinski definition) is 6. The van der Waals surface area contributed by atoms with Gasteiger partial charge in [-0.25, -0.2) is 0 Å². The number of anilines is 2. The lowest BCUT2D eigenvalue weighted by Gasteiger charge is -2.07. The van der Waals surface area contributed by atoms with Gasteiger partial charge in [0.05, 0.1) is 11.4 Å². The summed E-state index contributed by atoms with van der Waals surface area (Å²) < 4.78 is 10.8. The Bertz CT molecular complexity index is 475. The molecule has 0 amide bonds. The minimum absolute atomic E-state index is 0.588. The fourth-order valence-corrected chi connectivity index (χ4v) is 2.33. The molecule has 0 atom stereocenters. The molecule has 0 aromatic heterocycles. The molecule has 0 aliphatic rings. The second-order valence-corrected chi connectivity index (χ2v) is 4.80. The molecule has 0 spiro atoms. The van der Waals surface area contributed by atoms with Crippen molar-refractivity contribution < 1.29 is 8.37 Å². The van der Waals surface area contributed by atoms with Crippen molar-refractivity contribution in [3.05, 3.63) is 48.5 Å². The molecule has 0 bridgehead atoms. The third kappa shape index (κ3) is 3.41. The van der Waals surface area contributed by atoms with Gasteiger partial charge in [0.2, 0.25) is 0 Å². The van der Waals surface area contributed by atoms with Crippen LogP contribution in [0, 0.1) is 0 Å². The zero-order chi connectivity index (χ0) is 12.8. The van der Waals surface area contributed by atoms with Crippen molar-refractivity contribution in [3.63, 3.8) is 0 Å². The SMILES string of the molecule is Nc1ccccc1OSSOc1ccccc1N. The van der Waals surface area contributed by atoms with Gasteiger partial charge in [-0.15, -0.1) is 0 Å². The molecule has 4 N–H and O–H groups in total. The van der Waals surface area contributed by atoms with Crippen molar-refractivity contribution in [1.29, 1.82) is 0 Å². The maximum Gasteiger partial charge on any atom is 0.169 e. The molecule has 4 nitrogen and oxygen atoms in total. The van der Waals surface area contributed by atoms with Crippen molar-refractivity contribution in [2.24, 2.45) is 0 Å². The van der Waals surface area contributed by atoms with Gasteiger partial charge in [0.15, 0.2) is 33.6 Å². The average molecular weight is 280 g/mol. The van der Waals surface area contributed by atoms with Crippen LogP contribution in [0.5, 0.6) is 11.5 Å². The highest BCUT2D eigenvalue weighted by molar-refractivity contribution is 8.73. The highest BCUT2D eigenvalue weighted by Crippen LogP contribution is 2.33. The summed E-state index contributed by atoms with van der Waals surface area (Å²) in [5.41, 5.74) is 12.6.